The summed E-state index contributed by atoms with van der Waals surface area (Å²) in [7, 11) is 0. The van der Waals surface area contributed by atoms with Crippen LogP contribution in [0.2, 0.25) is 5.02 Å². The molecular formula is C14H18ClNO2. The van der Waals surface area contributed by atoms with Crippen LogP contribution in [-0.2, 0) is 4.74 Å². The second-order valence-corrected chi connectivity index (χ2v) is 4.84. The van der Waals surface area contributed by atoms with Gasteiger partial charge in [0.05, 0.1) is 16.8 Å². The van der Waals surface area contributed by atoms with E-state index in [2.05, 4.69) is 4.90 Å². The minimum atomic E-state index is 0.341. The molecule has 0 unspecified atom stereocenters. The molecule has 0 saturated carbocycles. The van der Waals surface area contributed by atoms with Crippen LogP contribution in [0.4, 0.5) is 5.69 Å². The lowest BCUT2D eigenvalue weighted by molar-refractivity contribution is 0.0459. The van der Waals surface area contributed by atoms with Crippen molar-refractivity contribution in [2.75, 3.05) is 24.6 Å². The summed E-state index contributed by atoms with van der Waals surface area (Å²) < 4.78 is 5.62. The highest BCUT2D eigenvalue weighted by Crippen LogP contribution is 2.31. The quantitative estimate of drug-likeness (QED) is 0.785. The van der Waals surface area contributed by atoms with Crippen LogP contribution < -0.4 is 4.90 Å². The molecule has 1 saturated heterocycles. The molecule has 0 amide bonds. The predicted molar refractivity (Wildman–Crippen MR) is 73.7 cm³/mol. The van der Waals surface area contributed by atoms with Gasteiger partial charge in [0.2, 0.25) is 0 Å². The van der Waals surface area contributed by atoms with E-state index in [1.54, 1.807) is 0 Å². The van der Waals surface area contributed by atoms with Crippen molar-refractivity contribution >= 4 is 23.6 Å². The molecule has 0 aliphatic carbocycles. The summed E-state index contributed by atoms with van der Waals surface area (Å²) in [5.41, 5.74) is 1.53. The van der Waals surface area contributed by atoms with Crippen molar-refractivity contribution in [1.82, 2.24) is 0 Å². The summed E-state index contributed by atoms with van der Waals surface area (Å²) in [5.74, 6) is 0. The zero-order valence-electron chi connectivity index (χ0n) is 10.6. The maximum atomic E-state index is 11.1. The van der Waals surface area contributed by atoms with Crippen LogP contribution >= 0.6 is 11.6 Å². The van der Waals surface area contributed by atoms with Crippen LogP contribution in [0.1, 0.15) is 30.1 Å². The summed E-state index contributed by atoms with van der Waals surface area (Å²) in [6.45, 7) is 4.55. The Hall–Kier alpha value is -1.06. The molecule has 0 bridgehead atoms. The van der Waals surface area contributed by atoms with E-state index in [0.717, 1.165) is 44.5 Å². The van der Waals surface area contributed by atoms with Gasteiger partial charge in [0.15, 0.2) is 6.29 Å². The van der Waals surface area contributed by atoms with Crippen LogP contribution in [-0.4, -0.2) is 32.1 Å². The number of carbonyl (C=O) groups is 1. The summed E-state index contributed by atoms with van der Waals surface area (Å²) in [6, 6.07) is 5.45. The Morgan fingerprint density at radius 1 is 1.44 bits per heavy atom. The van der Waals surface area contributed by atoms with Gasteiger partial charge in [-0.2, -0.15) is 0 Å². The van der Waals surface area contributed by atoms with Crippen molar-refractivity contribution in [1.29, 1.82) is 0 Å². The van der Waals surface area contributed by atoms with Crippen LogP contribution in [0.25, 0.3) is 0 Å². The van der Waals surface area contributed by atoms with Crippen molar-refractivity contribution in [3.05, 3.63) is 28.8 Å². The minimum Gasteiger partial charge on any atom is -0.378 e. The predicted octanol–water partition coefficient (Wildman–Crippen LogP) is 3.16. The van der Waals surface area contributed by atoms with E-state index in [1.807, 2.05) is 25.1 Å². The number of anilines is 1. The topological polar surface area (TPSA) is 29.5 Å². The Morgan fingerprint density at radius 3 is 2.78 bits per heavy atom. The summed E-state index contributed by atoms with van der Waals surface area (Å²) in [4.78, 5) is 13.3. The first-order chi connectivity index (χ1) is 8.76. The molecule has 0 spiro atoms. The maximum Gasteiger partial charge on any atom is 0.152 e. The lowest BCUT2D eigenvalue weighted by Crippen LogP contribution is -2.37. The maximum absolute atomic E-state index is 11.1. The van der Waals surface area contributed by atoms with Crippen molar-refractivity contribution in [3.63, 3.8) is 0 Å². The number of piperidine rings is 1. The molecule has 18 heavy (non-hydrogen) atoms. The minimum absolute atomic E-state index is 0.341. The molecule has 1 aromatic carbocycles. The number of halogens is 1. The Labute approximate surface area is 113 Å². The van der Waals surface area contributed by atoms with Crippen LogP contribution in [0, 0.1) is 0 Å². The second kappa shape index (κ2) is 6.21. The first-order valence-corrected chi connectivity index (χ1v) is 6.74. The van der Waals surface area contributed by atoms with E-state index in [1.165, 1.54) is 0 Å². The number of rotatable bonds is 4. The van der Waals surface area contributed by atoms with Gasteiger partial charge in [0.25, 0.3) is 0 Å². The number of carbonyl (C=O) groups excluding carboxylic acids is 1. The number of benzene rings is 1. The van der Waals surface area contributed by atoms with E-state index in [9.17, 15) is 4.79 Å². The summed E-state index contributed by atoms with van der Waals surface area (Å²) in [5, 5.41) is 0.648. The third kappa shape index (κ3) is 2.85. The van der Waals surface area contributed by atoms with E-state index in [0.29, 0.717) is 16.7 Å². The smallest absolute Gasteiger partial charge is 0.152 e. The van der Waals surface area contributed by atoms with Gasteiger partial charge in [0.1, 0.15) is 0 Å². The van der Waals surface area contributed by atoms with Gasteiger partial charge in [-0.05, 0) is 31.9 Å². The normalized spacial score (nSPS) is 16.9. The molecule has 1 aliphatic heterocycles. The fourth-order valence-corrected chi connectivity index (χ4v) is 2.74. The average molecular weight is 268 g/mol. The number of nitrogens with zero attached hydrogens (tertiary/aromatic N) is 1. The fourth-order valence-electron chi connectivity index (χ4n) is 2.44. The van der Waals surface area contributed by atoms with Crippen molar-refractivity contribution in [3.8, 4) is 0 Å². The molecule has 98 valence electrons. The third-order valence-corrected chi connectivity index (χ3v) is 3.61. The van der Waals surface area contributed by atoms with Gasteiger partial charge >= 0.3 is 0 Å². The molecule has 0 radical (unpaired) electrons. The van der Waals surface area contributed by atoms with Gasteiger partial charge < -0.3 is 9.64 Å². The van der Waals surface area contributed by atoms with E-state index < -0.39 is 0 Å². The SMILES string of the molecule is CCOC1CCN(c2c(Cl)cccc2C=O)CC1. The van der Waals surface area contributed by atoms with E-state index >= 15 is 0 Å². The fraction of sp³-hybridized carbons (Fsp3) is 0.500. The van der Waals surface area contributed by atoms with Gasteiger partial charge in [0, 0.05) is 25.3 Å². The number of para-hydroxylation sites is 1. The highest BCUT2D eigenvalue weighted by Gasteiger charge is 2.22. The first kappa shape index (κ1) is 13.4. The molecule has 2 rings (SSSR count). The highest BCUT2D eigenvalue weighted by atomic mass is 35.5. The summed E-state index contributed by atoms with van der Waals surface area (Å²) in [6.07, 6.45) is 3.18. The van der Waals surface area contributed by atoms with Gasteiger partial charge in [-0.15, -0.1) is 0 Å². The van der Waals surface area contributed by atoms with E-state index in [-0.39, 0.29) is 0 Å². The highest BCUT2D eigenvalue weighted by molar-refractivity contribution is 6.33. The average Bonchev–Trinajstić information content (AvgIpc) is 2.40. The van der Waals surface area contributed by atoms with E-state index in [4.69, 9.17) is 16.3 Å². The number of hydrogen-bond donors (Lipinski definition) is 0. The zero-order chi connectivity index (χ0) is 13.0. The van der Waals surface area contributed by atoms with Crippen molar-refractivity contribution in [2.45, 2.75) is 25.9 Å². The molecule has 0 N–H and O–H groups in total. The monoisotopic (exact) mass is 267 g/mol. The van der Waals surface area contributed by atoms with Crippen LogP contribution in [0.3, 0.4) is 0 Å². The largest absolute Gasteiger partial charge is 0.378 e. The molecule has 1 aromatic rings. The molecule has 4 heteroatoms. The van der Waals surface area contributed by atoms with Gasteiger partial charge in [-0.1, -0.05) is 17.7 Å². The summed E-state index contributed by atoms with van der Waals surface area (Å²) >= 11 is 6.21. The van der Waals surface area contributed by atoms with Crippen molar-refractivity contribution < 1.29 is 9.53 Å². The number of aldehydes is 1. The third-order valence-electron chi connectivity index (χ3n) is 3.31. The van der Waals surface area contributed by atoms with Crippen molar-refractivity contribution in [2.24, 2.45) is 0 Å². The Balaban J connectivity index is 2.12. The number of hydrogen-bond acceptors (Lipinski definition) is 3. The van der Waals surface area contributed by atoms with Crippen LogP contribution in [0.5, 0.6) is 0 Å². The molecule has 1 heterocycles. The Morgan fingerprint density at radius 2 is 2.17 bits per heavy atom. The Bertz CT molecular complexity index is 414. The standard InChI is InChI=1S/C14H18ClNO2/c1-2-18-12-6-8-16(9-7-12)14-11(10-17)4-3-5-13(14)15/h3-5,10,12H,2,6-9H2,1H3. The van der Waals surface area contributed by atoms with Crippen LogP contribution in [0.15, 0.2) is 18.2 Å². The number of ether oxygens (including phenoxy) is 1. The molecule has 1 aliphatic rings. The Kier molecular flexibility index (Phi) is 4.61. The molecule has 0 aromatic heterocycles. The lowest BCUT2D eigenvalue weighted by Gasteiger charge is -2.34. The lowest BCUT2D eigenvalue weighted by atomic mass is 10.1. The van der Waals surface area contributed by atoms with Gasteiger partial charge in [-0.3, -0.25) is 4.79 Å². The first-order valence-electron chi connectivity index (χ1n) is 6.36. The molecule has 1 fully saturated rings. The zero-order valence-corrected chi connectivity index (χ0v) is 11.3. The molecule has 0 atom stereocenters. The van der Waals surface area contributed by atoms with Gasteiger partial charge in [-0.25, -0.2) is 0 Å². The molecular weight excluding hydrogens is 250 g/mol. The molecule has 3 nitrogen and oxygen atoms in total. The second-order valence-electron chi connectivity index (χ2n) is 4.44.